The first-order valence-electron chi connectivity index (χ1n) is 7.69. The van der Waals surface area contributed by atoms with Gasteiger partial charge in [-0.2, -0.15) is 0 Å². The van der Waals surface area contributed by atoms with E-state index in [1.807, 2.05) is 0 Å². The van der Waals surface area contributed by atoms with E-state index in [2.05, 4.69) is 26.6 Å². The summed E-state index contributed by atoms with van der Waals surface area (Å²) >= 11 is 9.26. The summed E-state index contributed by atoms with van der Waals surface area (Å²) in [5.74, 6) is -1.15. The molecule has 0 aliphatic heterocycles. The number of benzene rings is 2. The number of amides is 3. The minimum atomic E-state index is -0.389. The second kappa shape index (κ2) is 9.35. The molecule has 2 aromatic rings. The molecule has 0 bridgehead atoms. The zero-order valence-electron chi connectivity index (χ0n) is 14.0. The summed E-state index contributed by atoms with van der Waals surface area (Å²) in [6.07, 6.45) is 0. The van der Waals surface area contributed by atoms with Gasteiger partial charge < -0.3 is 15.5 Å². The number of hydrogen-bond donors (Lipinski definition) is 2. The second-order valence-electron chi connectivity index (χ2n) is 5.44. The van der Waals surface area contributed by atoms with E-state index < -0.39 is 0 Å². The Labute approximate surface area is 164 Å². The van der Waals surface area contributed by atoms with Crippen molar-refractivity contribution in [2.75, 3.05) is 25.5 Å². The third-order valence-corrected chi connectivity index (χ3v) is 4.49. The number of nitrogens with one attached hydrogen (secondary N) is 2. The first-order valence-corrected chi connectivity index (χ1v) is 8.86. The Kier molecular flexibility index (Phi) is 7.17. The van der Waals surface area contributed by atoms with Gasteiger partial charge in [-0.1, -0.05) is 35.9 Å². The third kappa shape index (κ3) is 5.57. The van der Waals surface area contributed by atoms with E-state index in [1.165, 1.54) is 11.9 Å². The summed E-state index contributed by atoms with van der Waals surface area (Å²) in [4.78, 5) is 37.5. The fourth-order valence-corrected chi connectivity index (χ4v) is 2.74. The molecule has 6 nitrogen and oxygen atoms in total. The molecule has 0 fully saturated rings. The first-order chi connectivity index (χ1) is 12.4. The largest absolute Gasteiger partial charge is 0.343 e. The van der Waals surface area contributed by atoms with Crippen molar-refractivity contribution in [1.29, 1.82) is 0 Å². The number of hydrogen-bond acceptors (Lipinski definition) is 3. The minimum absolute atomic E-state index is 0.158. The van der Waals surface area contributed by atoms with Crippen LogP contribution in [-0.2, 0) is 9.59 Å². The number of carbonyl (C=O) groups excluding carboxylic acids is 3. The standard InChI is InChI=1S/C18H17BrClN3O3/c1-23(11-16(24)22-15-9-5-4-8-14(15)20)17(25)10-21-18(26)12-6-2-3-7-13(12)19/h2-9H,10-11H2,1H3,(H,21,26)(H,22,24). The average Bonchev–Trinajstić information content (AvgIpc) is 2.61. The van der Waals surface area contributed by atoms with E-state index in [0.717, 1.165) is 0 Å². The fourth-order valence-electron chi connectivity index (χ4n) is 2.09. The van der Waals surface area contributed by atoms with Gasteiger partial charge in [0.05, 0.1) is 29.4 Å². The van der Waals surface area contributed by atoms with Gasteiger partial charge in [-0.15, -0.1) is 0 Å². The molecule has 0 radical (unpaired) electrons. The van der Waals surface area contributed by atoms with Crippen LogP contribution in [0.25, 0.3) is 0 Å². The maximum atomic E-state index is 12.1. The fraction of sp³-hybridized carbons (Fsp3) is 0.167. The van der Waals surface area contributed by atoms with Crippen molar-refractivity contribution in [3.8, 4) is 0 Å². The molecule has 0 aliphatic rings. The van der Waals surface area contributed by atoms with Crippen molar-refractivity contribution in [3.05, 3.63) is 63.6 Å². The Bertz CT molecular complexity index is 829. The van der Waals surface area contributed by atoms with Crippen LogP contribution in [0.1, 0.15) is 10.4 Å². The lowest BCUT2D eigenvalue weighted by atomic mass is 10.2. The minimum Gasteiger partial charge on any atom is -0.343 e. The van der Waals surface area contributed by atoms with Gasteiger partial charge in [-0.3, -0.25) is 14.4 Å². The van der Waals surface area contributed by atoms with E-state index in [4.69, 9.17) is 11.6 Å². The smallest absolute Gasteiger partial charge is 0.252 e. The first kappa shape index (κ1) is 19.9. The van der Waals surface area contributed by atoms with Gasteiger partial charge >= 0.3 is 0 Å². The van der Waals surface area contributed by atoms with Crippen molar-refractivity contribution >= 4 is 50.9 Å². The summed E-state index contributed by atoms with van der Waals surface area (Å²) in [6.45, 7) is -0.370. The molecule has 0 spiro atoms. The highest BCUT2D eigenvalue weighted by Gasteiger charge is 2.16. The maximum Gasteiger partial charge on any atom is 0.252 e. The Hall–Kier alpha value is -2.38. The molecule has 0 aromatic heterocycles. The molecule has 0 atom stereocenters. The van der Waals surface area contributed by atoms with Crippen LogP contribution >= 0.6 is 27.5 Å². The van der Waals surface area contributed by atoms with Crippen molar-refractivity contribution in [1.82, 2.24) is 10.2 Å². The molecule has 0 saturated heterocycles. The van der Waals surface area contributed by atoms with Gasteiger partial charge in [-0.05, 0) is 40.2 Å². The van der Waals surface area contributed by atoms with Gasteiger partial charge in [0, 0.05) is 11.5 Å². The van der Waals surface area contributed by atoms with E-state index in [0.29, 0.717) is 20.7 Å². The summed E-state index contributed by atoms with van der Waals surface area (Å²) in [5.41, 5.74) is 0.904. The molecule has 0 heterocycles. The van der Waals surface area contributed by atoms with E-state index >= 15 is 0 Å². The Morgan fingerprint density at radius 2 is 1.73 bits per heavy atom. The van der Waals surface area contributed by atoms with E-state index in [-0.39, 0.29) is 30.8 Å². The summed E-state index contributed by atoms with van der Waals surface area (Å²) in [6, 6.07) is 13.7. The van der Waals surface area contributed by atoms with Crippen molar-refractivity contribution in [2.24, 2.45) is 0 Å². The number of carbonyl (C=O) groups is 3. The lowest BCUT2D eigenvalue weighted by Crippen LogP contribution is -2.41. The monoisotopic (exact) mass is 437 g/mol. The van der Waals surface area contributed by atoms with Crippen LogP contribution in [0.4, 0.5) is 5.69 Å². The highest BCUT2D eigenvalue weighted by Crippen LogP contribution is 2.20. The lowest BCUT2D eigenvalue weighted by molar-refractivity contribution is -0.132. The number of likely N-dealkylation sites (N-methyl/N-ethyl adjacent to an activating group) is 1. The molecular weight excluding hydrogens is 422 g/mol. The predicted octanol–water partition coefficient (Wildman–Crippen LogP) is 2.93. The highest BCUT2D eigenvalue weighted by molar-refractivity contribution is 9.10. The van der Waals surface area contributed by atoms with Crippen LogP contribution in [0.2, 0.25) is 5.02 Å². The quantitative estimate of drug-likeness (QED) is 0.728. The Morgan fingerprint density at radius 1 is 1.08 bits per heavy atom. The van der Waals surface area contributed by atoms with Crippen LogP contribution in [0.3, 0.4) is 0 Å². The van der Waals surface area contributed by atoms with Crippen molar-refractivity contribution < 1.29 is 14.4 Å². The number of nitrogens with zero attached hydrogens (tertiary/aromatic N) is 1. The Morgan fingerprint density at radius 3 is 2.42 bits per heavy atom. The molecule has 26 heavy (non-hydrogen) atoms. The van der Waals surface area contributed by atoms with Gasteiger partial charge in [0.25, 0.3) is 5.91 Å². The van der Waals surface area contributed by atoms with E-state index in [1.54, 1.807) is 48.5 Å². The van der Waals surface area contributed by atoms with Crippen LogP contribution in [0, 0.1) is 0 Å². The molecule has 8 heteroatoms. The molecule has 2 N–H and O–H groups in total. The summed E-state index contributed by atoms with van der Waals surface area (Å²) in [7, 11) is 1.49. The van der Waals surface area contributed by atoms with Crippen LogP contribution in [-0.4, -0.2) is 42.8 Å². The number of rotatable bonds is 6. The van der Waals surface area contributed by atoms with Crippen LogP contribution in [0.15, 0.2) is 53.0 Å². The van der Waals surface area contributed by atoms with Crippen LogP contribution in [0.5, 0.6) is 0 Å². The van der Waals surface area contributed by atoms with Gasteiger partial charge in [0.2, 0.25) is 11.8 Å². The summed E-state index contributed by atoms with van der Waals surface area (Å²) in [5, 5.41) is 5.59. The second-order valence-corrected chi connectivity index (χ2v) is 6.70. The van der Waals surface area contributed by atoms with Crippen molar-refractivity contribution in [2.45, 2.75) is 0 Å². The highest BCUT2D eigenvalue weighted by atomic mass is 79.9. The lowest BCUT2D eigenvalue weighted by Gasteiger charge is -2.17. The molecule has 0 aliphatic carbocycles. The normalized spacial score (nSPS) is 10.1. The zero-order valence-corrected chi connectivity index (χ0v) is 16.3. The SMILES string of the molecule is CN(CC(=O)Nc1ccccc1Cl)C(=O)CNC(=O)c1ccccc1Br. The van der Waals surface area contributed by atoms with Gasteiger partial charge in [0.1, 0.15) is 0 Å². The maximum absolute atomic E-state index is 12.1. The third-order valence-electron chi connectivity index (χ3n) is 3.47. The van der Waals surface area contributed by atoms with Crippen LogP contribution < -0.4 is 10.6 Å². The summed E-state index contributed by atoms with van der Waals surface area (Å²) < 4.78 is 0.637. The average molecular weight is 439 g/mol. The van der Waals surface area contributed by atoms with E-state index in [9.17, 15) is 14.4 Å². The topological polar surface area (TPSA) is 78.5 Å². The predicted molar refractivity (Wildman–Crippen MR) is 104 cm³/mol. The number of anilines is 1. The van der Waals surface area contributed by atoms with Crippen molar-refractivity contribution in [3.63, 3.8) is 0 Å². The number of halogens is 2. The van der Waals surface area contributed by atoms with Gasteiger partial charge in [0.15, 0.2) is 0 Å². The molecule has 2 aromatic carbocycles. The number of para-hydroxylation sites is 1. The molecule has 0 saturated carbocycles. The zero-order chi connectivity index (χ0) is 19.1. The molecule has 136 valence electrons. The molecule has 3 amide bonds. The molecule has 2 rings (SSSR count). The Balaban J connectivity index is 1.84. The van der Waals surface area contributed by atoms with Gasteiger partial charge in [-0.25, -0.2) is 0 Å². The molecule has 0 unspecified atom stereocenters. The molecular formula is C18H17BrClN3O3.